The molecule has 0 heterocycles. The summed E-state index contributed by atoms with van der Waals surface area (Å²) in [6.45, 7) is 11.4. The van der Waals surface area contributed by atoms with Crippen molar-refractivity contribution in [2.75, 3.05) is 13.2 Å². The van der Waals surface area contributed by atoms with Gasteiger partial charge in [-0.05, 0) is 31.1 Å². The largest absolute Gasteiger partial charge is 0.462 e. The van der Waals surface area contributed by atoms with E-state index in [1.54, 1.807) is 0 Å². The summed E-state index contributed by atoms with van der Waals surface area (Å²) < 4.78 is 16.9. The fourth-order valence-electron chi connectivity index (χ4n) is 8.70. The fraction of sp³-hybridized carbons (Fsp3) is 0.947. The molecule has 0 radical (unpaired) electrons. The fourth-order valence-corrected chi connectivity index (χ4v) is 8.70. The zero-order valence-corrected chi connectivity index (χ0v) is 43.2. The topological polar surface area (TPSA) is 78.9 Å². The summed E-state index contributed by atoms with van der Waals surface area (Å²) in [5.74, 6) is 0.806. The minimum absolute atomic E-state index is 0.0632. The van der Waals surface area contributed by atoms with Crippen molar-refractivity contribution in [3.05, 3.63) is 0 Å². The second-order valence-corrected chi connectivity index (χ2v) is 20.5. The average molecular weight is 892 g/mol. The van der Waals surface area contributed by atoms with E-state index in [1.807, 2.05) is 0 Å². The van der Waals surface area contributed by atoms with Crippen molar-refractivity contribution < 1.29 is 28.6 Å². The minimum Gasteiger partial charge on any atom is -0.462 e. The molecule has 0 aromatic heterocycles. The maximum atomic E-state index is 12.8. The van der Waals surface area contributed by atoms with Crippen molar-refractivity contribution in [1.82, 2.24) is 0 Å². The number of rotatable bonds is 51. The van der Waals surface area contributed by atoms with E-state index < -0.39 is 6.10 Å². The third-order valence-electron chi connectivity index (χ3n) is 13.0. The van der Waals surface area contributed by atoms with Crippen LogP contribution in [0.1, 0.15) is 317 Å². The highest BCUT2D eigenvalue weighted by Gasteiger charge is 2.19. The Morgan fingerprint density at radius 2 is 0.524 bits per heavy atom. The molecular weight excluding hydrogens is 781 g/mol. The van der Waals surface area contributed by atoms with Crippen LogP contribution in [0.4, 0.5) is 0 Å². The van der Waals surface area contributed by atoms with Crippen LogP contribution in [0.15, 0.2) is 0 Å². The van der Waals surface area contributed by atoms with Gasteiger partial charge in [-0.15, -0.1) is 0 Å². The maximum absolute atomic E-state index is 12.8. The Kier molecular flexibility index (Phi) is 48.6. The third-order valence-corrected chi connectivity index (χ3v) is 13.0. The summed E-state index contributed by atoms with van der Waals surface area (Å²) in [6, 6.07) is 0. The van der Waals surface area contributed by atoms with Gasteiger partial charge in [0.05, 0.1) is 0 Å². The molecule has 0 bridgehead atoms. The molecule has 0 saturated heterocycles. The van der Waals surface area contributed by atoms with Crippen LogP contribution >= 0.6 is 0 Å². The van der Waals surface area contributed by atoms with Crippen LogP contribution in [0.3, 0.4) is 0 Å². The highest BCUT2D eigenvalue weighted by Crippen LogP contribution is 2.18. The second-order valence-electron chi connectivity index (χ2n) is 20.5. The van der Waals surface area contributed by atoms with Crippen LogP contribution in [-0.4, -0.2) is 37.2 Å². The lowest BCUT2D eigenvalue weighted by Crippen LogP contribution is -2.30. The molecule has 374 valence electrons. The van der Waals surface area contributed by atoms with Gasteiger partial charge in [0.1, 0.15) is 13.2 Å². The van der Waals surface area contributed by atoms with E-state index in [0.717, 1.165) is 69.6 Å². The van der Waals surface area contributed by atoms with Gasteiger partial charge in [-0.25, -0.2) is 0 Å². The Balaban J connectivity index is 4.29. The van der Waals surface area contributed by atoms with E-state index in [9.17, 15) is 14.4 Å². The van der Waals surface area contributed by atoms with Crippen LogP contribution in [0.2, 0.25) is 0 Å². The smallest absolute Gasteiger partial charge is 0.306 e. The zero-order valence-electron chi connectivity index (χ0n) is 43.2. The standard InChI is InChI=1S/C57H110O6/c1-6-7-8-9-10-11-12-13-14-15-16-19-23-28-34-39-44-49-57(60)63-54(51-62-56(59)48-43-38-33-29-24-26-31-36-41-46-53(4)5)50-61-55(58)47-42-37-32-27-22-20-17-18-21-25-30-35-40-45-52(2)3/h52-54H,6-51H2,1-5H3/t54-/m0/s1. The summed E-state index contributed by atoms with van der Waals surface area (Å²) in [4.78, 5) is 38.1. The lowest BCUT2D eigenvalue weighted by atomic mass is 10.0. The molecule has 0 aliphatic rings. The molecule has 0 rings (SSSR count). The van der Waals surface area contributed by atoms with Crippen molar-refractivity contribution in [2.45, 2.75) is 323 Å². The number of unbranched alkanes of at least 4 members (excludes halogenated alkanes) is 36. The first kappa shape index (κ1) is 61.4. The Hall–Kier alpha value is -1.59. The minimum atomic E-state index is -0.762. The van der Waals surface area contributed by atoms with Crippen molar-refractivity contribution in [2.24, 2.45) is 11.8 Å². The molecule has 0 saturated carbocycles. The van der Waals surface area contributed by atoms with Crippen LogP contribution in [0.25, 0.3) is 0 Å². The molecule has 0 amide bonds. The molecule has 0 aromatic carbocycles. The van der Waals surface area contributed by atoms with Gasteiger partial charge in [-0.1, -0.05) is 279 Å². The number of hydrogen-bond donors (Lipinski definition) is 0. The van der Waals surface area contributed by atoms with Gasteiger partial charge in [0.25, 0.3) is 0 Å². The number of esters is 3. The Morgan fingerprint density at radius 1 is 0.302 bits per heavy atom. The molecule has 0 aliphatic heterocycles. The first-order chi connectivity index (χ1) is 30.7. The number of carbonyl (C=O) groups is 3. The molecule has 63 heavy (non-hydrogen) atoms. The first-order valence-electron chi connectivity index (χ1n) is 28.2. The molecule has 1 atom stereocenters. The summed E-state index contributed by atoms with van der Waals surface area (Å²) >= 11 is 0. The van der Waals surface area contributed by atoms with Crippen LogP contribution in [-0.2, 0) is 28.6 Å². The quantitative estimate of drug-likeness (QED) is 0.0344. The Bertz CT molecular complexity index is 962. The lowest BCUT2D eigenvalue weighted by Gasteiger charge is -2.18. The van der Waals surface area contributed by atoms with E-state index >= 15 is 0 Å². The number of hydrogen-bond acceptors (Lipinski definition) is 6. The van der Waals surface area contributed by atoms with Gasteiger partial charge < -0.3 is 14.2 Å². The van der Waals surface area contributed by atoms with Gasteiger partial charge >= 0.3 is 17.9 Å². The van der Waals surface area contributed by atoms with E-state index in [2.05, 4.69) is 34.6 Å². The normalized spacial score (nSPS) is 12.0. The summed E-state index contributed by atoms with van der Waals surface area (Å²) in [5.41, 5.74) is 0. The highest BCUT2D eigenvalue weighted by atomic mass is 16.6. The third kappa shape index (κ3) is 51.3. The van der Waals surface area contributed by atoms with Crippen molar-refractivity contribution in [3.8, 4) is 0 Å². The first-order valence-corrected chi connectivity index (χ1v) is 28.2. The maximum Gasteiger partial charge on any atom is 0.306 e. The SMILES string of the molecule is CCCCCCCCCCCCCCCCCCCC(=O)O[C@@H](COC(=O)CCCCCCCCCCCCCCCC(C)C)COC(=O)CCCCCCCCCCCC(C)C. The molecule has 0 N–H and O–H groups in total. The molecule has 0 spiro atoms. The van der Waals surface area contributed by atoms with E-state index in [4.69, 9.17) is 14.2 Å². The average Bonchev–Trinajstić information content (AvgIpc) is 3.25. The van der Waals surface area contributed by atoms with Gasteiger partial charge in [0, 0.05) is 19.3 Å². The summed E-state index contributed by atoms with van der Waals surface area (Å²) in [5, 5.41) is 0. The molecule has 0 aromatic rings. The van der Waals surface area contributed by atoms with Crippen LogP contribution in [0, 0.1) is 11.8 Å². The predicted octanol–water partition coefficient (Wildman–Crippen LogP) is 18.5. The summed E-state index contributed by atoms with van der Waals surface area (Å²) in [7, 11) is 0. The van der Waals surface area contributed by atoms with Crippen molar-refractivity contribution in [3.63, 3.8) is 0 Å². The second kappa shape index (κ2) is 49.8. The zero-order chi connectivity index (χ0) is 46.1. The van der Waals surface area contributed by atoms with Crippen LogP contribution < -0.4 is 0 Å². The molecular formula is C57H110O6. The monoisotopic (exact) mass is 891 g/mol. The van der Waals surface area contributed by atoms with E-state index in [-0.39, 0.29) is 31.1 Å². The molecule has 0 unspecified atom stereocenters. The lowest BCUT2D eigenvalue weighted by molar-refractivity contribution is -0.167. The summed E-state index contributed by atoms with van der Waals surface area (Å²) in [6.07, 6.45) is 52.4. The van der Waals surface area contributed by atoms with Crippen molar-refractivity contribution in [1.29, 1.82) is 0 Å². The van der Waals surface area contributed by atoms with Crippen molar-refractivity contribution >= 4 is 17.9 Å². The van der Waals surface area contributed by atoms with Gasteiger partial charge in [-0.3, -0.25) is 14.4 Å². The van der Waals surface area contributed by atoms with Gasteiger partial charge in [0.15, 0.2) is 6.10 Å². The van der Waals surface area contributed by atoms with E-state index in [0.29, 0.717) is 19.3 Å². The molecule has 0 aliphatic carbocycles. The van der Waals surface area contributed by atoms with Crippen LogP contribution in [0.5, 0.6) is 0 Å². The Morgan fingerprint density at radius 3 is 0.778 bits per heavy atom. The van der Waals surface area contributed by atoms with Gasteiger partial charge in [0.2, 0.25) is 0 Å². The highest BCUT2D eigenvalue weighted by molar-refractivity contribution is 5.71. The molecule has 0 fully saturated rings. The number of ether oxygens (including phenoxy) is 3. The Labute approximate surface area is 393 Å². The van der Waals surface area contributed by atoms with E-state index in [1.165, 1.54) is 205 Å². The molecule has 6 heteroatoms. The predicted molar refractivity (Wildman–Crippen MR) is 270 cm³/mol. The van der Waals surface area contributed by atoms with Gasteiger partial charge in [-0.2, -0.15) is 0 Å². The molecule has 6 nitrogen and oxygen atoms in total. The number of carbonyl (C=O) groups excluding carboxylic acids is 3.